The second-order valence-electron chi connectivity index (χ2n) is 5.67. The van der Waals surface area contributed by atoms with Gasteiger partial charge >= 0.3 is 5.97 Å². The molecule has 0 aliphatic heterocycles. The molecule has 1 aliphatic carbocycles. The van der Waals surface area contributed by atoms with Crippen LogP contribution < -0.4 is 0 Å². The summed E-state index contributed by atoms with van der Waals surface area (Å²) in [7, 11) is 0. The molecule has 0 saturated heterocycles. The normalized spacial score (nSPS) is 17.6. The summed E-state index contributed by atoms with van der Waals surface area (Å²) in [5, 5.41) is 10.1. The van der Waals surface area contributed by atoms with Crippen molar-refractivity contribution in [2.24, 2.45) is 5.41 Å². The Hall–Kier alpha value is -1.49. The summed E-state index contributed by atoms with van der Waals surface area (Å²) in [4.78, 5) is 15.6. The van der Waals surface area contributed by atoms with E-state index in [1.165, 1.54) is 12.1 Å². The molecule has 0 spiro atoms. The second-order valence-corrected chi connectivity index (χ2v) is 6.79. The van der Waals surface area contributed by atoms with E-state index < -0.39 is 5.97 Å². The maximum Gasteiger partial charge on any atom is 0.303 e. The summed E-state index contributed by atoms with van der Waals surface area (Å²) in [6, 6.07) is 4.62. The number of aliphatic carboxylic acids is 1. The summed E-state index contributed by atoms with van der Waals surface area (Å²) in [5.41, 5.74) is 0.520. The van der Waals surface area contributed by atoms with Crippen molar-refractivity contribution >= 4 is 27.5 Å². The van der Waals surface area contributed by atoms with Gasteiger partial charge in [-0.2, -0.15) is 0 Å². The maximum atomic E-state index is 13.2. The third-order valence-electron chi connectivity index (χ3n) is 4.11. The SMILES string of the molecule is O=C(O)CC1(Cc2nc3cc(F)ccc3s2)CCCC1. The monoisotopic (exact) mass is 293 g/mol. The van der Waals surface area contributed by atoms with Crippen LogP contribution in [0, 0.1) is 11.2 Å². The molecule has 3 rings (SSSR count). The van der Waals surface area contributed by atoms with Gasteiger partial charge in [0.15, 0.2) is 0 Å². The lowest BCUT2D eigenvalue weighted by atomic mass is 9.80. The number of fused-ring (bicyclic) bond motifs is 1. The number of halogens is 1. The molecule has 1 aromatic carbocycles. The molecular weight excluding hydrogens is 277 g/mol. The van der Waals surface area contributed by atoms with Crippen LogP contribution in [0.5, 0.6) is 0 Å². The predicted molar refractivity (Wildman–Crippen MR) is 76.4 cm³/mol. The van der Waals surface area contributed by atoms with Gasteiger partial charge in [-0.15, -0.1) is 11.3 Å². The molecular formula is C15H16FNO2S. The lowest BCUT2D eigenvalue weighted by Gasteiger charge is -2.25. The lowest BCUT2D eigenvalue weighted by Crippen LogP contribution is -2.23. The van der Waals surface area contributed by atoms with Gasteiger partial charge in [-0.05, 0) is 30.4 Å². The van der Waals surface area contributed by atoms with E-state index in [4.69, 9.17) is 5.11 Å². The highest BCUT2D eigenvalue weighted by molar-refractivity contribution is 7.18. The molecule has 0 radical (unpaired) electrons. The molecule has 1 aromatic heterocycles. The van der Waals surface area contributed by atoms with Gasteiger partial charge in [-0.25, -0.2) is 9.37 Å². The average molecular weight is 293 g/mol. The molecule has 1 saturated carbocycles. The van der Waals surface area contributed by atoms with Gasteiger partial charge in [0.05, 0.1) is 21.6 Å². The first kappa shape index (κ1) is 13.5. The maximum absolute atomic E-state index is 13.2. The van der Waals surface area contributed by atoms with Crippen LogP contribution in [0.4, 0.5) is 4.39 Å². The molecule has 1 N–H and O–H groups in total. The van der Waals surface area contributed by atoms with Crippen LogP contribution in [0.1, 0.15) is 37.1 Å². The molecule has 0 amide bonds. The molecule has 1 aliphatic rings. The number of hydrogen-bond acceptors (Lipinski definition) is 3. The lowest BCUT2D eigenvalue weighted by molar-refractivity contribution is -0.139. The fourth-order valence-electron chi connectivity index (χ4n) is 3.21. The fraction of sp³-hybridized carbons (Fsp3) is 0.467. The Bertz CT molecular complexity index is 646. The zero-order chi connectivity index (χ0) is 14.2. The Labute approximate surface area is 120 Å². The van der Waals surface area contributed by atoms with Crippen molar-refractivity contribution in [2.45, 2.75) is 38.5 Å². The van der Waals surface area contributed by atoms with E-state index in [-0.39, 0.29) is 17.7 Å². The van der Waals surface area contributed by atoms with Crippen LogP contribution in [0.3, 0.4) is 0 Å². The van der Waals surface area contributed by atoms with Crippen molar-refractivity contribution in [1.29, 1.82) is 0 Å². The van der Waals surface area contributed by atoms with E-state index in [1.807, 2.05) is 0 Å². The van der Waals surface area contributed by atoms with Gasteiger partial charge in [-0.1, -0.05) is 12.8 Å². The Morgan fingerprint density at radius 3 is 2.85 bits per heavy atom. The number of carboxylic acids is 1. The van der Waals surface area contributed by atoms with Gasteiger partial charge in [0.2, 0.25) is 0 Å². The standard InChI is InChI=1S/C15H16FNO2S/c16-10-3-4-12-11(7-10)17-13(20-12)8-15(9-14(18)19)5-1-2-6-15/h3-4,7H,1-2,5-6,8-9H2,(H,18,19). The van der Waals surface area contributed by atoms with E-state index >= 15 is 0 Å². The number of nitrogens with zero attached hydrogens (tertiary/aromatic N) is 1. The quantitative estimate of drug-likeness (QED) is 0.926. The van der Waals surface area contributed by atoms with Gasteiger partial charge in [-0.3, -0.25) is 4.79 Å². The smallest absolute Gasteiger partial charge is 0.303 e. The van der Waals surface area contributed by atoms with Gasteiger partial charge in [0.25, 0.3) is 0 Å². The molecule has 1 fully saturated rings. The number of benzene rings is 1. The molecule has 0 bridgehead atoms. The topological polar surface area (TPSA) is 50.2 Å². The summed E-state index contributed by atoms with van der Waals surface area (Å²) in [6.07, 6.45) is 4.98. The minimum atomic E-state index is -0.737. The Balaban J connectivity index is 1.88. The molecule has 106 valence electrons. The number of carbonyl (C=O) groups is 1. The average Bonchev–Trinajstić information content (AvgIpc) is 2.94. The number of aromatic nitrogens is 1. The fourth-order valence-corrected chi connectivity index (χ4v) is 4.33. The van der Waals surface area contributed by atoms with E-state index in [9.17, 15) is 9.18 Å². The highest BCUT2D eigenvalue weighted by Gasteiger charge is 2.37. The minimum absolute atomic E-state index is 0.155. The highest BCUT2D eigenvalue weighted by Crippen LogP contribution is 2.44. The van der Waals surface area contributed by atoms with Crippen molar-refractivity contribution in [3.8, 4) is 0 Å². The first-order valence-corrected chi connectivity index (χ1v) is 7.65. The Morgan fingerprint density at radius 1 is 1.40 bits per heavy atom. The Morgan fingerprint density at radius 2 is 2.15 bits per heavy atom. The molecule has 2 aromatic rings. The molecule has 1 heterocycles. The van der Waals surface area contributed by atoms with Crippen molar-refractivity contribution in [3.05, 3.63) is 29.0 Å². The van der Waals surface area contributed by atoms with Crippen LogP contribution in [-0.2, 0) is 11.2 Å². The number of carboxylic acid groups (broad SMARTS) is 1. The third kappa shape index (κ3) is 2.68. The summed E-state index contributed by atoms with van der Waals surface area (Å²) in [5.74, 6) is -1.02. The van der Waals surface area contributed by atoms with E-state index in [1.54, 1.807) is 17.4 Å². The van der Waals surface area contributed by atoms with Crippen LogP contribution in [-0.4, -0.2) is 16.1 Å². The second kappa shape index (κ2) is 5.13. The first-order valence-electron chi connectivity index (χ1n) is 6.83. The molecule has 20 heavy (non-hydrogen) atoms. The number of rotatable bonds is 4. The van der Waals surface area contributed by atoms with Crippen LogP contribution in [0.25, 0.3) is 10.2 Å². The van der Waals surface area contributed by atoms with Crippen molar-refractivity contribution < 1.29 is 14.3 Å². The zero-order valence-corrected chi connectivity index (χ0v) is 11.9. The minimum Gasteiger partial charge on any atom is -0.481 e. The molecule has 5 heteroatoms. The molecule has 0 atom stereocenters. The van der Waals surface area contributed by atoms with Crippen LogP contribution >= 0.6 is 11.3 Å². The van der Waals surface area contributed by atoms with E-state index in [0.717, 1.165) is 35.4 Å². The van der Waals surface area contributed by atoms with Crippen LogP contribution in [0.15, 0.2) is 18.2 Å². The number of hydrogen-bond donors (Lipinski definition) is 1. The summed E-state index contributed by atoms with van der Waals surface area (Å²) in [6.45, 7) is 0. The van der Waals surface area contributed by atoms with Gasteiger partial charge < -0.3 is 5.11 Å². The molecule has 0 unspecified atom stereocenters. The van der Waals surface area contributed by atoms with Crippen LogP contribution in [0.2, 0.25) is 0 Å². The zero-order valence-electron chi connectivity index (χ0n) is 11.1. The van der Waals surface area contributed by atoms with Gasteiger partial charge in [0.1, 0.15) is 5.82 Å². The largest absolute Gasteiger partial charge is 0.481 e. The van der Waals surface area contributed by atoms with Crippen molar-refractivity contribution in [3.63, 3.8) is 0 Å². The number of thiazole rings is 1. The van der Waals surface area contributed by atoms with E-state index in [2.05, 4.69) is 4.98 Å². The third-order valence-corrected chi connectivity index (χ3v) is 5.15. The Kier molecular flexibility index (Phi) is 3.46. The highest BCUT2D eigenvalue weighted by atomic mass is 32.1. The van der Waals surface area contributed by atoms with Crippen molar-refractivity contribution in [2.75, 3.05) is 0 Å². The van der Waals surface area contributed by atoms with Gasteiger partial charge in [0, 0.05) is 12.5 Å². The summed E-state index contributed by atoms with van der Waals surface area (Å²) >= 11 is 1.55. The van der Waals surface area contributed by atoms with Crippen molar-refractivity contribution in [1.82, 2.24) is 4.98 Å². The first-order chi connectivity index (χ1) is 9.56. The predicted octanol–water partition coefficient (Wildman–Crippen LogP) is 4.01. The summed E-state index contributed by atoms with van der Waals surface area (Å²) < 4.78 is 14.1. The molecule has 3 nitrogen and oxygen atoms in total. The van der Waals surface area contributed by atoms with E-state index in [0.29, 0.717) is 11.9 Å².